The van der Waals surface area contributed by atoms with Crippen LogP contribution in [0.1, 0.15) is 19.8 Å². The molecule has 4 atom stereocenters. The molecule has 0 amide bonds. The molecule has 1 N–H and O–H groups in total. The Hall–Kier alpha value is -0.890. The van der Waals surface area contributed by atoms with Crippen molar-refractivity contribution >= 4 is 5.78 Å². The largest absolute Gasteiger partial charge is 0.385 e. The molecule has 2 nitrogen and oxygen atoms in total. The average molecular weight is 192 g/mol. The van der Waals surface area contributed by atoms with Gasteiger partial charge in [0.1, 0.15) is 6.10 Å². The highest BCUT2D eigenvalue weighted by molar-refractivity contribution is 5.87. The van der Waals surface area contributed by atoms with Gasteiger partial charge in [0, 0.05) is 11.8 Å². The highest BCUT2D eigenvalue weighted by atomic mass is 16.3. The van der Waals surface area contributed by atoms with E-state index in [1.807, 2.05) is 24.3 Å². The van der Waals surface area contributed by atoms with Crippen LogP contribution in [0.5, 0.6) is 0 Å². The Morgan fingerprint density at radius 1 is 1.29 bits per heavy atom. The van der Waals surface area contributed by atoms with Crippen LogP contribution in [0.4, 0.5) is 0 Å². The summed E-state index contributed by atoms with van der Waals surface area (Å²) in [6, 6.07) is 0. The molecule has 2 aliphatic carbocycles. The highest BCUT2D eigenvalue weighted by Crippen LogP contribution is 2.32. The molecule has 0 unspecified atom stereocenters. The fraction of sp³-hybridized carbons (Fsp3) is 0.583. The second-order valence-corrected chi connectivity index (χ2v) is 4.46. The zero-order valence-electron chi connectivity index (χ0n) is 8.39. The summed E-state index contributed by atoms with van der Waals surface area (Å²) in [5.41, 5.74) is 0. The maximum Gasteiger partial charge on any atom is 0.168 e. The van der Waals surface area contributed by atoms with Gasteiger partial charge >= 0.3 is 0 Å². The van der Waals surface area contributed by atoms with Gasteiger partial charge in [-0.1, -0.05) is 31.2 Å². The Labute approximate surface area is 84.3 Å². The summed E-state index contributed by atoms with van der Waals surface area (Å²) in [6.45, 7) is 2.15. The van der Waals surface area contributed by atoms with Gasteiger partial charge in [0.25, 0.3) is 0 Å². The molecule has 1 fully saturated rings. The molecule has 14 heavy (non-hydrogen) atoms. The monoisotopic (exact) mass is 192 g/mol. The first kappa shape index (κ1) is 9.66. The minimum Gasteiger partial charge on any atom is -0.385 e. The first-order valence-corrected chi connectivity index (χ1v) is 5.25. The third-order valence-electron chi connectivity index (χ3n) is 3.21. The molecule has 2 rings (SSSR count). The molecular formula is C12H16O2. The molecule has 0 aliphatic heterocycles. The summed E-state index contributed by atoms with van der Waals surface area (Å²) in [5, 5.41) is 9.84. The smallest absolute Gasteiger partial charge is 0.168 e. The van der Waals surface area contributed by atoms with E-state index in [9.17, 15) is 9.90 Å². The lowest BCUT2D eigenvalue weighted by atomic mass is 9.91. The van der Waals surface area contributed by atoms with Crippen molar-refractivity contribution in [1.29, 1.82) is 0 Å². The zero-order valence-corrected chi connectivity index (χ0v) is 8.39. The average Bonchev–Trinajstić information content (AvgIpc) is 2.27. The number of allylic oxidation sites excluding steroid dienone is 3. The summed E-state index contributed by atoms with van der Waals surface area (Å²) < 4.78 is 0. The van der Waals surface area contributed by atoms with Crippen molar-refractivity contribution < 1.29 is 9.90 Å². The first-order chi connectivity index (χ1) is 6.68. The van der Waals surface area contributed by atoms with Crippen molar-refractivity contribution in [3.63, 3.8) is 0 Å². The third-order valence-corrected chi connectivity index (χ3v) is 3.21. The maximum absolute atomic E-state index is 11.8. The molecule has 76 valence electrons. The topological polar surface area (TPSA) is 37.3 Å². The van der Waals surface area contributed by atoms with E-state index in [2.05, 4.69) is 6.92 Å². The standard InChI is InChI=1S/C12H16O2/c1-8-6-9-4-2-3-5-10(7-8)12(14)11(9)13/h2-5,8-11,13H,6-7H2,1H3/b4-2-,5-3?/t8-,9-,10+,11+/m1/s1. The summed E-state index contributed by atoms with van der Waals surface area (Å²) in [6.07, 6.45) is 8.76. The van der Waals surface area contributed by atoms with Gasteiger partial charge in [0.05, 0.1) is 0 Å². The number of rotatable bonds is 0. The van der Waals surface area contributed by atoms with Crippen molar-refractivity contribution in [1.82, 2.24) is 0 Å². The van der Waals surface area contributed by atoms with Crippen molar-refractivity contribution in [2.24, 2.45) is 17.8 Å². The van der Waals surface area contributed by atoms with Crippen LogP contribution in [0.2, 0.25) is 0 Å². The molecule has 0 radical (unpaired) electrons. The lowest BCUT2D eigenvalue weighted by Gasteiger charge is -2.18. The van der Waals surface area contributed by atoms with Crippen molar-refractivity contribution in [2.45, 2.75) is 25.9 Å². The number of carbonyl (C=O) groups is 1. The Morgan fingerprint density at radius 3 is 2.79 bits per heavy atom. The SMILES string of the molecule is C[C@@H]1C[C@H]2/C=C\C=C[C@@H](C1)C(=O)[C@H]2O. The normalized spacial score (nSPS) is 44.3. The van der Waals surface area contributed by atoms with E-state index in [-0.39, 0.29) is 17.6 Å². The minimum absolute atomic E-state index is 0.0000463. The molecule has 0 aromatic carbocycles. The molecule has 2 bridgehead atoms. The number of aliphatic hydroxyl groups excluding tert-OH is 1. The number of ketones is 1. The van der Waals surface area contributed by atoms with Gasteiger partial charge in [-0.2, -0.15) is 0 Å². The molecule has 0 aromatic rings. The number of hydrogen-bond donors (Lipinski definition) is 1. The van der Waals surface area contributed by atoms with Crippen molar-refractivity contribution in [3.8, 4) is 0 Å². The van der Waals surface area contributed by atoms with Crippen LogP contribution in [-0.2, 0) is 4.79 Å². The van der Waals surface area contributed by atoms with Gasteiger partial charge in [-0.15, -0.1) is 0 Å². The van der Waals surface area contributed by atoms with Crippen LogP contribution in [0.3, 0.4) is 0 Å². The molecule has 0 saturated heterocycles. The second-order valence-electron chi connectivity index (χ2n) is 4.46. The summed E-state index contributed by atoms with van der Waals surface area (Å²) in [4.78, 5) is 11.8. The number of fused-ring (bicyclic) bond motifs is 3. The van der Waals surface area contributed by atoms with Gasteiger partial charge in [0.2, 0.25) is 0 Å². The summed E-state index contributed by atoms with van der Waals surface area (Å²) in [7, 11) is 0. The second kappa shape index (κ2) is 3.70. The van der Waals surface area contributed by atoms with Crippen LogP contribution >= 0.6 is 0 Å². The van der Waals surface area contributed by atoms with Crippen molar-refractivity contribution in [3.05, 3.63) is 24.3 Å². The zero-order chi connectivity index (χ0) is 10.1. The van der Waals surface area contributed by atoms with E-state index >= 15 is 0 Å². The van der Waals surface area contributed by atoms with E-state index in [1.165, 1.54) is 0 Å². The van der Waals surface area contributed by atoms with E-state index in [0.717, 1.165) is 12.8 Å². The van der Waals surface area contributed by atoms with Crippen LogP contribution in [0, 0.1) is 17.8 Å². The maximum atomic E-state index is 11.8. The molecule has 2 aliphatic rings. The van der Waals surface area contributed by atoms with Gasteiger partial charge < -0.3 is 5.11 Å². The Kier molecular flexibility index (Phi) is 2.55. The molecule has 0 heterocycles. The molecular weight excluding hydrogens is 176 g/mol. The van der Waals surface area contributed by atoms with E-state index < -0.39 is 6.10 Å². The predicted octanol–water partition coefficient (Wildman–Crippen LogP) is 1.70. The molecule has 0 spiro atoms. The van der Waals surface area contributed by atoms with E-state index in [1.54, 1.807) is 0 Å². The van der Waals surface area contributed by atoms with Crippen LogP contribution < -0.4 is 0 Å². The highest BCUT2D eigenvalue weighted by Gasteiger charge is 2.35. The Bertz CT molecular complexity index is 291. The molecule has 2 heteroatoms. The molecule has 1 saturated carbocycles. The number of hydrogen-bond acceptors (Lipinski definition) is 2. The van der Waals surface area contributed by atoms with Gasteiger partial charge in [-0.05, 0) is 18.8 Å². The van der Waals surface area contributed by atoms with E-state index in [4.69, 9.17) is 0 Å². The van der Waals surface area contributed by atoms with Gasteiger partial charge in [-0.3, -0.25) is 4.79 Å². The first-order valence-electron chi connectivity index (χ1n) is 5.25. The number of Topliss-reactive ketones (excluding diaryl/α,β-unsaturated/α-hetero) is 1. The van der Waals surface area contributed by atoms with Crippen molar-refractivity contribution in [2.75, 3.05) is 0 Å². The summed E-state index contributed by atoms with van der Waals surface area (Å²) >= 11 is 0. The predicted molar refractivity (Wildman–Crippen MR) is 54.7 cm³/mol. The lowest BCUT2D eigenvalue weighted by Crippen LogP contribution is -2.31. The van der Waals surface area contributed by atoms with Gasteiger partial charge in [0.15, 0.2) is 5.78 Å². The minimum atomic E-state index is -0.786. The molecule has 0 aromatic heterocycles. The van der Waals surface area contributed by atoms with Crippen LogP contribution in [-0.4, -0.2) is 17.0 Å². The summed E-state index contributed by atoms with van der Waals surface area (Å²) in [5.74, 6) is 0.459. The third kappa shape index (κ3) is 1.67. The van der Waals surface area contributed by atoms with E-state index in [0.29, 0.717) is 5.92 Å². The lowest BCUT2D eigenvalue weighted by molar-refractivity contribution is -0.130. The fourth-order valence-electron chi connectivity index (χ4n) is 2.43. The fourth-order valence-corrected chi connectivity index (χ4v) is 2.43. The van der Waals surface area contributed by atoms with Gasteiger partial charge in [-0.25, -0.2) is 0 Å². The Balaban J connectivity index is 2.36. The number of carbonyl (C=O) groups excluding carboxylic acids is 1. The number of aliphatic hydroxyl groups is 1. The van der Waals surface area contributed by atoms with Crippen LogP contribution in [0.25, 0.3) is 0 Å². The quantitative estimate of drug-likeness (QED) is 0.634. The van der Waals surface area contributed by atoms with Crippen LogP contribution in [0.15, 0.2) is 24.3 Å². The Morgan fingerprint density at radius 2 is 2.00 bits per heavy atom.